The van der Waals surface area contributed by atoms with Crippen LogP contribution in [0.15, 0.2) is 48.5 Å². The summed E-state index contributed by atoms with van der Waals surface area (Å²) in [5.74, 6) is -1.20. The molecule has 0 aliphatic carbocycles. The van der Waals surface area contributed by atoms with Gasteiger partial charge < -0.3 is 39.4 Å². The third-order valence-corrected chi connectivity index (χ3v) is 5.95. The minimum absolute atomic E-state index is 0.183. The SMILES string of the molecule is CCCCc1ccc(C(CO)C(O)OC=O)cc1.CCCCc1ccccc1C(CO)C(O)OC=O.COC.COC. The Morgan fingerprint density at radius 3 is 1.60 bits per heavy atom. The van der Waals surface area contributed by atoms with Gasteiger partial charge in [-0.05, 0) is 47.9 Å². The van der Waals surface area contributed by atoms with Crippen LogP contribution >= 0.6 is 0 Å². The fourth-order valence-electron chi connectivity index (χ4n) is 3.81. The van der Waals surface area contributed by atoms with Crippen molar-refractivity contribution in [2.45, 2.75) is 76.8 Å². The molecule has 240 valence electrons. The van der Waals surface area contributed by atoms with Crippen molar-refractivity contribution in [3.05, 3.63) is 70.8 Å². The highest BCUT2D eigenvalue weighted by molar-refractivity contribution is 5.38. The van der Waals surface area contributed by atoms with Gasteiger partial charge in [0.1, 0.15) is 0 Å². The van der Waals surface area contributed by atoms with E-state index < -0.39 is 24.4 Å². The van der Waals surface area contributed by atoms with Crippen LogP contribution in [0, 0.1) is 0 Å². The number of hydrogen-bond donors (Lipinski definition) is 4. The Morgan fingerprint density at radius 1 is 0.690 bits per heavy atom. The molecule has 0 saturated carbocycles. The molecule has 0 aromatic heterocycles. The minimum atomic E-state index is -1.31. The van der Waals surface area contributed by atoms with Gasteiger partial charge in [-0.2, -0.15) is 0 Å². The Bertz CT molecular complexity index is 889. The average Bonchev–Trinajstić information content (AvgIpc) is 2.98. The van der Waals surface area contributed by atoms with Crippen molar-refractivity contribution in [1.82, 2.24) is 0 Å². The summed E-state index contributed by atoms with van der Waals surface area (Å²) >= 11 is 0. The largest absolute Gasteiger partial charge is 0.437 e. The molecule has 0 saturated heterocycles. The van der Waals surface area contributed by atoms with Gasteiger partial charge in [0.2, 0.25) is 12.6 Å². The van der Waals surface area contributed by atoms with Gasteiger partial charge in [0, 0.05) is 28.4 Å². The van der Waals surface area contributed by atoms with E-state index in [0.717, 1.165) is 55.2 Å². The molecule has 0 spiro atoms. The van der Waals surface area contributed by atoms with Crippen molar-refractivity contribution >= 4 is 12.9 Å². The number of ether oxygens (including phenoxy) is 4. The van der Waals surface area contributed by atoms with Crippen LogP contribution in [0.25, 0.3) is 0 Å². The first kappa shape index (κ1) is 41.3. The molecule has 0 aliphatic rings. The summed E-state index contributed by atoms with van der Waals surface area (Å²) in [5, 5.41) is 37.9. The second-order valence-electron chi connectivity index (χ2n) is 9.29. The van der Waals surface area contributed by atoms with E-state index in [1.165, 1.54) is 5.56 Å². The van der Waals surface area contributed by atoms with Crippen LogP contribution in [0.5, 0.6) is 0 Å². The van der Waals surface area contributed by atoms with Crippen LogP contribution < -0.4 is 0 Å². The number of aliphatic hydroxyl groups is 4. The van der Waals surface area contributed by atoms with Gasteiger partial charge in [-0.1, -0.05) is 75.2 Å². The van der Waals surface area contributed by atoms with Crippen LogP contribution in [0.2, 0.25) is 0 Å². The number of aryl methyl sites for hydroxylation is 2. The fourth-order valence-corrected chi connectivity index (χ4v) is 3.81. The van der Waals surface area contributed by atoms with E-state index in [2.05, 4.69) is 32.8 Å². The molecule has 2 aromatic rings. The summed E-state index contributed by atoms with van der Waals surface area (Å²) in [7, 11) is 6.50. The molecule has 0 aliphatic heterocycles. The molecule has 42 heavy (non-hydrogen) atoms. The lowest BCUT2D eigenvalue weighted by Gasteiger charge is -2.22. The van der Waals surface area contributed by atoms with Gasteiger partial charge in [0.05, 0.1) is 25.0 Å². The molecule has 10 heteroatoms. The highest BCUT2D eigenvalue weighted by Crippen LogP contribution is 2.25. The predicted molar refractivity (Wildman–Crippen MR) is 162 cm³/mol. The summed E-state index contributed by atoms with van der Waals surface area (Å²) in [6, 6.07) is 15.2. The lowest BCUT2D eigenvalue weighted by molar-refractivity contribution is -0.158. The Morgan fingerprint density at radius 2 is 1.14 bits per heavy atom. The molecule has 0 amide bonds. The Labute approximate surface area is 251 Å². The Kier molecular flexibility index (Phi) is 27.8. The van der Waals surface area contributed by atoms with Crippen molar-refractivity contribution < 1.29 is 49.0 Å². The molecule has 0 fully saturated rings. The molecule has 0 heterocycles. The van der Waals surface area contributed by atoms with E-state index in [1.807, 2.05) is 48.5 Å². The number of carbonyl (C=O) groups excluding carboxylic acids is 2. The average molecular weight is 597 g/mol. The highest BCUT2D eigenvalue weighted by Gasteiger charge is 2.24. The smallest absolute Gasteiger partial charge is 0.295 e. The molecule has 2 aromatic carbocycles. The van der Waals surface area contributed by atoms with E-state index >= 15 is 0 Å². The van der Waals surface area contributed by atoms with E-state index in [9.17, 15) is 30.0 Å². The zero-order chi connectivity index (χ0) is 32.2. The summed E-state index contributed by atoms with van der Waals surface area (Å²) in [5.41, 5.74) is 3.89. The topological polar surface area (TPSA) is 152 Å². The standard InChI is InChI=1S/2C14H20O4.2C2H6O/c1-2-3-6-11-7-4-5-8-12(11)13(9-15)14(17)18-10-16;1-2-3-4-11-5-7-12(8-6-11)13(9-15)14(17)18-10-16;2*1-3-2/h4-5,7-8,10,13-15,17H,2-3,6,9H2,1H3;5-8,10,13-15,17H,2-4,9H2,1H3;2*1-2H3. The summed E-state index contributed by atoms with van der Waals surface area (Å²) in [6.07, 6.45) is 3.69. The number of carbonyl (C=O) groups is 2. The molecule has 2 rings (SSSR count). The second kappa shape index (κ2) is 28.3. The van der Waals surface area contributed by atoms with Crippen molar-refractivity contribution in [3.8, 4) is 0 Å². The fraction of sp³-hybridized carbons (Fsp3) is 0.562. The van der Waals surface area contributed by atoms with Crippen LogP contribution in [-0.4, -0.2) is 87.6 Å². The first-order valence-corrected chi connectivity index (χ1v) is 14.0. The highest BCUT2D eigenvalue weighted by atomic mass is 16.6. The third kappa shape index (κ3) is 17.8. The van der Waals surface area contributed by atoms with Crippen molar-refractivity contribution in [1.29, 1.82) is 0 Å². The predicted octanol–water partition coefficient (Wildman–Crippen LogP) is 3.72. The molecule has 0 bridgehead atoms. The van der Waals surface area contributed by atoms with E-state index in [1.54, 1.807) is 28.4 Å². The van der Waals surface area contributed by atoms with Gasteiger partial charge >= 0.3 is 0 Å². The number of benzene rings is 2. The second-order valence-corrected chi connectivity index (χ2v) is 9.29. The van der Waals surface area contributed by atoms with Gasteiger partial charge in [-0.25, -0.2) is 0 Å². The maximum absolute atomic E-state index is 10.3. The summed E-state index contributed by atoms with van der Waals surface area (Å²) in [6.45, 7) is 4.09. The minimum Gasteiger partial charge on any atom is -0.437 e. The van der Waals surface area contributed by atoms with Gasteiger partial charge in [0.15, 0.2) is 0 Å². The number of aliphatic hydroxyl groups excluding tert-OH is 4. The van der Waals surface area contributed by atoms with Crippen molar-refractivity contribution in [2.75, 3.05) is 41.7 Å². The Hall–Kier alpha value is -2.86. The number of methoxy groups -OCH3 is 2. The van der Waals surface area contributed by atoms with E-state index in [-0.39, 0.29) is 26.2 Å². The van der Waals surface area contributed by atoms with Gasteiger partial charge in [-0.3, -0.25) is 9.59 Å². The van der Waals surface area contributed by atoms with Crippen LogP contribution in [-0.2, 0) is 41.4 Å². The molecule has 4 unspecified atom stereocenters. The molecule has 4 N–H and O–H groups in total. The van der Waals surface area contributed by atoms with Crippen molar-refractivity contribution in [3.63, 3.8) is 0 Å². The summed E-state index contributed by atoms with van der Waals surface area (Å²) < 4.78 is 17.5. The van der Waals surface area contributed by atoms with E-state index in [4.69, 9.17) is 0 Å². The number of unbranched alkanes of at least 4 members (excludes halogenated alkanes) is 2. The third-order valence-electron chi connectivity index (χ3n) is 5.95. The molecular weight excluding hydrogens is 544 g/mol. The Balaban J connectivity index is 0. The zero-order valence-corrected chi connectivity index (χ0v) is 26.0. The zero-order valence-electron chi connectivity index (χ0n) is 26.0. The lowest BCUT2D eigenvalue weighted by Crippen LogP contribution is -2.25. The maximum Gasteiger partial charge on any atom is 0.295 e. The van der Waals surface area contributed by atoms with Crippen molar-refractivity contribution in [2.24, 2.45) is 0 Å². The number of hydrogen-bond acceptors (Lipinski definition) is 10. The van der Waals surface area contributed by atoms with E-state index in [0.29, 0.717) is 0 Å². The van der Waals surface area contributed by atoms with Gasteiger partial charge in [-0.15, -0.1) is 0 Å². The van der Waals surface area contributed by atoms with Crippen LogP contribution in [0.3, 0.4) is 0 Å². The first-order chi connectivity index (χ1) is 20.3. The molecular formula is C32H52O10. The van der Waals surface area contributed by atoms with Crippen LogP contribution in [0.4, 0.5) is 0 Å². The monoisotopic (exact) mass is 596 g/mol. The quantitative estimate of drug-likeness (QED) is 0.167. The normalized spacial score (nSPS) is 12.8. The molecule has 10 nitrogen and oxygen atoms in total. The lowest BCUT2D eigenvalue weighted by atomic mass is 9.91. The van der Waals surface area contributed by atoms with Crippen LogP contribution in [0.1, 0.15) is 73.6 Å². The molecule has 4 atom stereocenters. The number of rotatable bonds is 16. The first-order valence-electron chi connectivity index (χ1n) is 14.0. The summed E-state index contributed by atoms with van der Waals surface area (Å²) in [4.78, 5) is 20.4. The maximum atomic E-state index is 10.3. The molecule has 0 radical (unpaired) electrons. The van der Waals surface area contributed by atoms with Gasteiger partial charge in [0.25, 0.3) is 12.9 Å².